The van der Waals surface area contributed by atoms with Gasteiger partial charge in [0.1, 0.15) is 16.9 Å². The van der Waals surface area contributed by atoms with Crippen molar-refractivity contribution in [1.82, 2.24) is 19.8 Å². The van der Waals surface area contributed by atoms with E-state index in [9.17, 15) is 9.59 Å². The molecule has 0 aliphatic carbocycles. The average Bonchev–Trinajstić information content (AvgIpc) is 3.24. The Morgan fingerprint density at radius 2 is 1.78 bits per heavy atom. The SMILES string of the molecule is C.CC(C)N(CCNC(=O)c1sc2c(c1OCc1ccncc1)c(=O)n(C)c1ccccc21)C(C)C. The quantitative estimate of drug-likeness (QED) is 0.336. The first-order valence-corrected chi connectivity index (χ1v) is 12.7. The Hall–Kier alpha value is -3.23. The van der Waals surface area contributed by atoms with Crippen LogP contribution in [0, 0.1) is 0 Å². The smallest absolute Gasteiger partial charge is 0.265 e. The largest absolute Gasteiger partial charge is 0.486 e. The molecule has 3 aromatic heterocycles. The molecule has 0 atom stereocenters. The predicted octanol–water partition coefficient (Wildman–Crippen LogP) is 5.21. The molecule has 0 aliphatic rings. The maximum Gasteiger partial charge on any atom is 0.265 e. The monoisotopic (exact) mass is 508 g/mol. The highest BCUT2D eigenvalue weighted by molar-refractivity contribution is 7.22. The molecule has 7 nitrogen and oxygen atoms in total. The minimum atomic E-state index is -0.227. The Morgan fingerprint density at radius 1 is 1.11 bits per heavy atom. The third-order valence-corrected chi connectivity index (χ3v) is 7.42. The van der Waals surface area contributed by atoms with Crippen molar-refractivity contribution in [3.63, 3.8) is 0 Å². The molecule has 0 saturated heterocycles. The number of pyridine rings is 2. The van der Waals surface area contributed by atoms with Crippen molar-refractivity contribution < 1.29 is 9.53 Å². The molecular formula is C28H36N4O3S. The normalized spacial score (nSPS) is 11.4. The van der Waals surface area contributed by atoms with Crippen molar-refractivity contribution in [1.29, 1.82) is 0 Å². The van der Waals surface area contributed by atoms with Gasteiger partial charge in [0.05, 0.1) is 10.2 Å². The van der Waals surface area contributed by atoms with Crippen molar-refractivity contribution in [2.75, 3.05) is 13.1 Å². The molecule has 4 rings (SSSR count). The van der Waals surface area contributed by atoms with E-state index in [2.05, 4.69) is 42.9 Å². The van der Waals surface area contributed by atoms with E-state index in [1.54, 1.807) is 24.0 Å². The molecule has 0 spiro atoms. The summed E-state index contributed by atoms with van der Waals surface area (Å²) in [7, 11) is 1.75. The molecule has 1 amide bonds. The summed E-state index contributed by atoms with van der Waals surface area (Å²) in [6, 6.07) is 12.2. The Labute approximate surface area is 216 Å². The lowest BCUT2D eigenvalue weighted by Gasteiger charge is -2.30. The number of thiophene rings is 1. The van der Waals surface area contributed by atoms with Crippen LogP contribution in [-0.2, 0) is 13.7 Å². The van der Waals surface area contributed by atoms with Crippen LogP contribution in [0.2, 0.25) is 0 Å². The molecule has 0 saturated carbocycles. The second kappa shape index (κ2) is 11.7. The summed E-state index contributed by atoms with van der Waals surface area (Å²) >= 11 is 1.31. The summed E-state index contributed by atoms with van der Waals surface area (Å²) in [4.78, 5) is 33.6. The molecule has 192 valence electrons. The van der Waals surface area contributed by atoms with Crippen molar-refractivity contribution in [2.45, 2.75) is 53.8 Å². The van der Waals surface area contributed by atoms with Crippen LogP contribution < -0.4 is 15.6 Å². The van der Waals surface area contributed by atoms with Gasteiger partial charge in [-0.3, -0.25) is 19.5 Å². The van der Waals surface area contributed by atoms with Gasteiger partial charge in [0, 0.05) is 50.0 Å². The van der Waals surface area contributed by atoms with Crippen molar-refractivity contribution in [2.24, 2.45) is 7.05 Å². The molecule has 0 unspecified atom stereocenters. The van der Waals surface area contributed by atoms with Gasteiger partial charge in [-0.05, 0) is 51.5 Å². The van der Waals surface area contributed by atoms with Crippen molar-refractivity contribution >= 4 is 38.2 Å². The molecule has 8 heteroatoms. The molecule has 1 aromatic carbocycles. The summed E-state index contributed by atoms with van der Waals surface area (Å²) < 4.78 is 8.57. The fraction of sp³-hybridized carbons (Fsp3) is 0.393. The standard InChI is InChI=1S/C27H32N4O3S.CH4/c1-17(2)31(18(3)4)15-14-29-26(32)25-23(34-16-19-10-12-28-13-11-19)22-24(35-25)20-8-6-7-9-21(20)30(5)27(22)33;/h6-13,17-18H,14-16H2,1-5H3,(H,29,32);1H4. The van der Waals surface area contributed by atoms with Crippen LogP contribution in [0.25, 0.3) is 21.0 Å². The number of rotatable bonds is 9. The summed E-state index contributed by atoms with van der Waals surface area (Å²) in [6.07, 6.45) is 3.39. The van der Waals surface area contributed by atoms with Gasteiger partial charge in [-0.15, -0.1) is 11.3 Å². The van der Waals surface area contributed by atoms with Gasteiger partial charge in [-0.2, -0.15) is 0 Å². The molecule has 36 heavy (non-hydrogen) atoms. The first-order chi connectivity index (χ1) is 16.8. The van der Waals surface area contributed by atoms with Crippen LogP contribution in [0.1, 0.15) is 50.4 Å². The van der Waals surface area contributed by atoms with E-state index in [4.69, 9.17) is 4.74 Å². The number of aromatic nitrogens is 2. The van der Waals surface area contributed by atoms with Gasteiger partial charge in [0.15, 0.2) is 5.75 Å². The number of hydrogen-bond acceptors (Lipinski definition) is 6. The first-order valence-electron chi connectivity index (χ1n) is 11.9. The second-order valence-electron chi connectivity index (χ2n) is 9.17. The summed E-state index contributed by atoms with van der Waals surface area (Å²) in [5.41, 5.74) is 1.56. The highest BCUT2D eigenvalue weighted by atomic mass is 32.1. The topological polar surface area (TPSA) is 76.5 Å². The lowest BCUT2D eigenvalue weighted by molar-refractivity contribution is 0.0939. The van der Waals surface area contributed by atoms with Gasteiger partial charge in [-0.1, -0.05) is 25.6 Å². The van der Waals surface area contributed by atoms with Gasteiger partial charge < -0.3 is 14.6 Å². The van der Waals surface area contributed by atoms with Crippen molar-refractivity contribution in [3.05, 3.63) is 69.6 Å². The number of hydrogen-bond donors (Lipinski definition) is 1. The van der Waals surface area contributed by atoms with Crippen LogP contribution >= 0.6 is 11.3 Å². The number of carbonyl (C=O) groups excluding carboxylic acids is 1. The van der Waals surface area contributed by atoms with E-state index in [1.165, 1.54) is 11.3 Å². The molecule has 0 fully saturated rings. The highest BCUT2D eigenvalue weighted by Crippen LogP contribution is 2.40. The molecule has 4 aromatic rings. The molecular weight excluding hydrogens is 472 g/mol. The molecule has 3 heterocycles. The average molecular weight is 509 g/mol. The Bertz CT molecular complexity index is 1380. The Balaban J connectivity index is 0.00000361. The van der Waals surface area contributed by atoms with Crippen LogP contribution in [0.3, 0.4) is 0 Å². The number of nitrogens with one attached hydrogen (secondary N) is 1. The number of aryl methyl sites for hydroxylation is 1. The highest BCUT2D eigenvalue weighted by Gasteiger charge is 2.25. The number of para-hydroxylation sites is 1. The van der Waals surface area contributed by atoms with E-state index in [1.807, 2.05) is 36.4 Å². The third kappa shape index (κ3) is 5.44. The van der Waals surface area contributed by atoms with Crippen molar-refractivity contribution in [3.8, 4) is 5.75 Å². The summed E-state index contributed by atoms with van der Waals surface area (Å²) in [5, 5.41) is 4.42. The fourth-order valence-corrected chi connectivity index (χ4v) is 5.64. The number of benzene rings is 1. The fourth-order valence-electron chi connectivity index (χ4n) is 4.45. The Kier molecular flexibility index (Phi) is 8.87. The maximum atomic E-state index is 13.4. The predicted molar refractivity (Wildman–Crippen MR) is 149 cm³/mol. The van der Waals surface area contributed by atoms with Gasteiger partial charge in [0.2, 0.25) is 0 Å². The molecule has 1 N–H and O–H groups in total. The molecule has 0 radical (unpaired) electrons. The minimum absolute atomic E-state index is 0. The van der Waals surface area contributed by atoms with Crippen LogP contribution in [-0.4, -0.2) is 45.5 Å². The lowest BCUT2D eigenvalue weighted by atomic mass is 10.1. The maximum absolute atomic E-state index is 13.4. The number of amides is 1. The van der Waals surface area contributed by atoms with Gasteiger partial charge in [-0.25, -0.2) is 0 Å². The number of fused-ring (bicyclic) bond motifs is 3. The van der Waals surface area contributed by atoms with E-state index in [0.717, 1.165) is 27.7 Å². The first kappa shape index (κ1) is 27.4. The van der Waals surface area contributed by atoms with Crippen LogP contribution in [0.5, 0.6) is 5.75 Å². The summed E-state index contributed by atoms with van der Waals surface area (Å²) in [6.45, 7) is 10.1. The second-order valence-corrected chi connectivity index (χ2v) is 10.2. The molecule has 0 aliphatic heterocycles. The Morgan fingerprint density at radius 3 is 2.44 bits per heavy atom. The zero-order valence-electron chi connectivity index (χ0n) is 20.9. The van der Waals surface area contributed by atoms with E-state index in [0.29, 0.717) is 34.6 Å². The van der Waals surface area contributed by atoms with E-state index < -0.39 is 0 Å². The molecule has 0 bridgehead atoms. The van der Waals surface area contributed by atoms with Gasteiger partial charge >= 0.3 is 0 Å². The number of carbonyl (C=O) groups is 1. The van der Waals surface area contributed by atoms with E-state index >= 15 is 0 Å². The van der Waals surface area contributed by atoms with Gasteiger partial charge in [0.25, 0.3) is 11.5 Å². The minimum Gasteiger partial charge on any atom is -0.486 e. The van der Waals surface area contributed by atoms with Crippen LogP contribution in [0.15, 0.2) is 53.6 Å². The zero-order chi connectivity index (χ0) is 25.1. The van der Waals surface area contributed by atoms with E-state index in [-0.39, 0.29) is 25.5 Å². The third-order valence-electron chi connectivity index (χ3n) is 6.21. The number of nitrogens with zero attached hydrogens (tertiary/aromatic N) is 3. The summed E-state index contributed by atoms with van der Waals surface area (Å²) in [5.74, 6) is 0.116. The lowest BCUT2D eigenvalue weighted by Crippen LogP contribution is -2.42. The van der Waals surface area contributed by atoms with Crippen LogP contribution in [0.4, 0.5) is 0 Å². The number of ether oxygens (including phenoxy) is 1. The zero-order valence-corrected chi connectivity index (χ0v) is 21.7.